The Balaban J connectivity index is 2.30. The van der Waals surface area contributed by atoms with Gasteiger partial charge in [-0.3, -0.25) is 0 Å². The zero-order valence-corrected chi connectivity index (χ0v) is 13.1. The second-order valence-electron chi connectivity index (χ2n) is 5.01. The summed E-state index contributed by atoms with van der Waals surface area (Å²) >= 11 is 1.02. The SMILES string of the molecule is Cc1sc(C(=O)O)cc1S(=O)(=O)N1CCCCCCC1. The van der Waals surface area contributed by atoms with Crippen LogP contribution in [0.4, 0.5) is 0 Å². The standard InChI is InChI=1S/C13H19NO4S2/c1-10-12(9-11(19-10)13(15)16)20(17,18)14-7-5-3-2-4-6-8-14/h9H,2-8H2,1H3,(H,15,16). The van der Waals surface area contributed by atoms with Crippen LogP contribution in [0.5, 0.6) is 0 Å². The number of carboxylic acid groups (broad SMARTS) is 1. The van der Waals surface area contributed by atoms with E-state index in [1.807, 2.05) is 0 Å². The molecule has 7 heteroatoms. The summed E-state index contributed by atoms with van der Waals surface area (Å²) in [5, 5.41) is 8.98. The quantitative estimate of drug-likeness (QED) is 0.930. The van der Waals surface area contributed by atoms with Crippen LogP contribution in [0.1, 0.15) is 46.7 Å². The van der Waals surface area contributed by atoms with E-state index < -0.39 is 16.0 Å². The highest BCUT2D eigenvalue weighted by atomic mass is 32.2. The van der Waals surface area contributed by atoms with Gasteiger partial charge in [-0.1, -0.05) is 19.3 Å². The summed E-state index contributed by atoms with van der Waals surface area (Å²) in [6, 6.07) is 1.29. The largest absolute Gasteiger partial charge is 0.477 e. The Labute approximate surface area is 123 Å². The summed E-state index contributed by atoms with van der Waals surface area (Å²) < 4.78 is 26.8. The third-order valence-corrected chi connectivity index (χ3v) is 6.71. The molecule has 1 saturated heterocycles. The molecule has 0 radical (unpaired) electrons. The van der Waals surface area contributed by atoms with Crippen LogP contribution >= 0.6 is 11.3 Å². The molecule has 1 fully saturated rings. The number of hydrogen-bond acceptors (Lipinski definition) is 4. The molecule has 2 heterocycles. The maximum absolute atomic E-state index is 12.6. The number of carbonyl (C=O) groups is 1. The van der Waals surface area contributed by atoms with Crippen molar-refractivity contribution >= 4 is 27.3 Å². The Morgan fingerprint density at radius 3 is 2.25 bits per heavy atom. The highest BCUT2D eigenvalue weighted by molar-refractivity contribution is 7.89. The molecule has 5 nitrogen and oxygen atoms in total. The molecule has 0 atom stereocenters. The van der Waals surface area contributed by atoms with Gasteiger partial charge in [-0.05, 0) is 25.8 Å². The number of rotatable bonds is 3. The lowest BCUT2D eigenvalue weighted by atomic mass is 10.1. The van der Waals surface area contributed by atoms with Crippen molar-refractivity contribution < 1.29 is 18.3 Å². The van der Waals surface area contributed by atoms with Crippen molar-refractivity contribution in [1.82, 2.24) is 4.31 Å². The summed E-state index contributed by atoms with van der Waals surface area (Å²) in [5.74, 6) is -1.08. The lowest BCUT2D eigenvalue weighted by Crippen LogP contribution is -2.34. The van der Waals surface area contributed by atoms with E-state index in [0.29, 0.717) is 18.0 Å². The van der Waals surface area contributed by atoms with Crippen LogP contribution in [0, 0.1) is 6.92 Å². The van der Waals surface area contributed by atoms with Gasteiger partial charge in [-0.25, -0.2) is 13.2 Å². The van der Waals surface area contributed by atoms with Gasteiger partial charge < -0.3 is 5.11 Å². The van der Waals surface area contributed by atoms with Crippen LogP contribution in [0.25, 0.3) is 0 Å². The van der Waals surface area contributed by atoms with Gasteiger partial charge in [0.15, 0.2) is 0 Å². The molecule has 0 aliphatic carbocycles. The van der Waals surface area contributed by atoms with Crippen LogP contribution in [-0.2, 0) is 10.0 Å². The zero-order chi connectivity index (χ0) is 14.8. The first-order chi connectivity index (χ1) is 9.43. The van der Waals surface area contributed by atoms with Crippen LogP contribution in [0.2, 0.25) is 0 Å². The van der Waals surface area contributed by atoms with Gasteiger partial charge in [0.25, 0.3) is 0 Å². The first-order valence-corrected chi connectivity index (χ1v) is 9.02. The smallest absolute Gasteiger partial charge is 0.345 e. The van der Waals surface area contributed by atoms with Crippen molar-refractivity contribution in [2.24, 2.45) is 0 Å². The van der Waals surface area contributed by atoms with E-state index in [4.69, 9.17) is 5.11 Å². The van der Waals surface area contributed by atoms with Crippen molar-refractivity contribution in [2.45, 2.75) is 43.9 Å². The van der Waals surface area contributed by atoms with Crippen molar-refractivity contribution in [1.29, 1.82) is 0 Å². The average Bonchev–Trinajstić information content (AvgIpc) is 2.71. The van der Waals surface area contributed by atoms with Crippen molar-refractivity contribution in [3.8, 4) is 0 Å². The fourth-order valence-corrected chi connectivity index (χ4v) is 5.34. The summed E-state index contributed by atoms with van der Waals surface area (Å²) in [6.45, 7) is 2.72. The van der Waals surface area contributed by atoms with Gasteiger partial charge in [-0.2, -0.15) is 4.31 Å². The lowest BCUT2D eigenvalue weighted by Gasteiger charge is -2.24. The molecule has 1 N–H and O–H groups in total. The minimum Gasteiger partial charge on any atom is -0.477 e. The Morgan fingerprint density at radius 2 is 1.75 bits per heavy atom. The summed E-state index contributed by atoms with van der Waals surface area (Å²) in [4.78, 5) is 11.7. The molecule has 1 aliphatic heterocycles. The molecular formula is C13H19NO4S2. The zero-order valence-electron chi connectivity index (χ0n) is 11.5. The van der Waals surface area contributed by atoms with Gasteiger partial charge in [-0.15, -0.1) is 11.3 Å². The number of aromatic carboxylic acids is 1. The third-order valence-electron chi connectivity index (χ3n) is 3.52. The van der Waals surface area contributed by atoms with Crippen molar-refractivity contribution in [2.75, 3.05) is 13.1 Å². The topological polar surface area (TPSA) is 74.7 Å². The van der Waals surface area contributed by atoms with Gasteiger partial charge >= 0.3 is 5.97 Å². The number of thiophene rings is 1. The lowest BCUT2D eigenvalue weighted by molar-refractivity contribution is 0.0702. The van der Waals surface area contributed by atoms with Crippen LogP contribution in [-0.4, -0.2) is 36.9 Å². The number of sulfonamides is 1. The predicted molar refractivity (Wildman–Crippen MR) is 77.9 cm³/mol. The molecule has 1 aromatic heterocycles. The van der Waals surface area contributed by atoms with Crippen molar-refractivity contribution in [3.05, 3.63) is 15.8 Å². The first-order valence-electron chi connectivity index (χ1n) is 6.77. The molecule has 2 rings (SSSR count). The second kappa shape index (κ2) is 6.24. The molecular weight excluding hydrogens is 298 g/mol. The van der Waals surface area contributed by atoms with E-state index in [1.54, 1.807) is 6.92 Å². The third kappa shape index (κ3) is 3.21. The number of aryl methyl sites for hydroxylation is 1. The fourth-order valence-electron chi connectivity index (χ4n) is 2.42. The number of carboxylic acids is 1. The molecule has 0 aromatic carbocycles. The van der Waals surface area contributed by atoms with Crippen LogP contribution in [0.15, 0.2) is 11.0 Å². The molecule has 0 spiro atoms. The van der Waals surface area contributed by atoms with Gasteiger partial charge in [0.2, 0.25) is 10.0 Å². The van der Waals surface area contributed by atoms with E-state index in [2.05, 4.69) is 0 Å². The van der Waals surface area contributed by atoms with Gasteiger partial charge in [0, 0.05) is 18.0 Å². The van der Waals surface area contributed by atoms with Crippen molar-refractivity contribution in [3.63, 3.8) is 0 Å². The summed E-state index contributed by atoms with van der Waals surface area (Å²) in [6.07, 6.45) is 5.00. The molecule has 1 aromatic rings. The Hall–Kier alpha value is -0.920. The molecule has 0 amide bonds. The maximum atomic E-state index is 12.6. The molecule has 0 bridgehead atoms. The monoisotopic (exact) mass is 317 g/mol. The van der Waals surface area contributed by atoms with E-state index in [-0.39, 0.29) is 9.77 Å². The number of hydrogen-bond donors (Lipinski definition) is 1. The Bertz CT molecular complexity index is 584. The predicted octanol–water partition coefficient (Wildman–Crippen LogP) is 2.71. The maximum Gasteiger partial charge on any atom is 0.345 e. The van der Waals surface area contributed by atoms with E-state index in [0.717, 1.165) is 43.4 Å². The second-order valence-corrected chi connectivity index (χ2v) is 8.17. The van der Waals surface area contributed by atoms with E-state index >= 15 is 0 Å². The van der Waals surface area contributed by atoms with Crippen LogP contribution in [0.3, 0.4) is 0 Å². The highest BCUT2D eigenvalue weighted by Gasteiger charge is 2.28. The minimum atomic E-state index is -3.56. The van der Waals surface area contributed by atoms with Crippen LogP contribution < -0.4 is 0 Å². The molecule has 20 heavy (non-hydrogen) atoms. The first kappa shape index (κ1) is 15.5. The van der Waals surface area contributed by atoms with Gasteiger partial charge in [0.1, 0.15) is 4.88 Å². The molecule has 112 valence electrons. The molecule has 0 unspecified atom stereocenters. The van der Waals surface area contributed by atoms with E-state index in [1.165, 1.54) is 10.4 Å². The summed E-state index contributed by atoms with van der Waals surface area (Å²) in [7, 11) is -3.56. The normalized spacial score (nSPS) is 18.4. The highest BCUT2D eigenvalue weighted by Crippen LogP contribution is 2.29. The van der Waals surface area contributed by atoms with E-state index in [9.17, 15) is 13.2 Å². The Morgan fingerprint density at radius 1 is 1.20 bits per heavy atom. The summed E-state index contributed by atoms with van der Waals surface area (Å²) in [5.41, 5.74) is 0. The average molecular weight is 317 g/mol. The Kier molecular flexibility index (Phi) is 4.82. The number of nitrogens with zero attached hydrogens (tertiary/aromatic N) is 1. The molecule has 0 saturated carbocycles. The minimum absolute atomic E-state index is 0.0770. The molecule has 1 aliphatic rings. The fraction of sp³-hybridized carbons (Fsp3) is 0.615. The van der Waals surface area contributed by atoms with Gasteiger partial charge in [0.05, 0.1) is 4.90 Å².